The third kappa shape index (κ3) is 3.56. The van der Waals surface area contributed by atoms with E-state index in [1.807, 2.05) is 5.40 Å². The van der Waals surface area contributed by atoms with Gasteiger partial charge in [-0.3, -0.25) is 4.79 Å². The van der Waals surface area contributed by atoms with Crippen LogP contribution in [-0.2, 0) is 16.0 Å². The second-order valence-electron chi connectivity index (χ2n) is 4.48. The minimum atomic E-state index is -0.435. The zero-order valence-electron chi connectivity index (χ0n) is 11.6. The smallest absolute Gasteiger partial charge is 0.344 e. The Labute approximate surface area is 127 Å². The Kier molecular flexibility index (Phi) is 5.23. The Morgan fingerprint density at radius 1 is 1.52 bits per heavy atom. The molecule has 0 radical (unpaired) electrons. The minimum Gasteiger partial charge on any atom is -0.482 e. The molecule has 1 aromatic carbocycles. The van der Waals surface area contributed by atoms with Gasteiger partial charge in [0.15, 0.2) is 12.4 Å². The molecule has 0 saturated heterocycles. The summed E-state index contributed by atoms with van der Waals surface area (Å²) in [6.45, 7) is 1.86. The standard InChI is InChI=1S/C15H15NO4S/c1-2-19-14(17)8-20-12-5-3-4-11-10(12)6-7-13(15(11)18)21-9-16/h3-5,13H,2,6-8H2,1H3. The summed E-state index contributed by atoms with van der Waals surface area (Å²) < 4.78 is 10.3. The average molecular weight is 305 g/mol. The molecule has 0 fully saturated rings. The van der Waals surface area contributed by atoms with Crippen molar-refractivity contribution in [2.75, 3.05) is 13.2 Å². The van der Waals surface area contributed by atoms with Gasteiger partial charge in [-0.15, -0.1) is 0 Å². The Hall–Kier alpha value is -2.00. The van der Waals surface area contributed by atoms with E-state index in [1.54, 1.807) is 25.1 Å². The summed E-state index contributed by atoms with van der Waals surface area (Å²) in [6.07, 6.45) is 1.25. The van der Waals surface area contributed by atoms with Crippen LogP contribution in [0.1, 0.15) is 29.3 Å². The molecular weight excluding hydrogens is 290 g/mol. The van der Waals surface area contributed by atoms with Gasteiger partial charge in [0.1, 0.15) is 11.2 Å². The minimum absolute atomic E-state index is 0.0515. The number of rotatable bonds is 5. The zero-order valence-corrected chi connectivity index (χ0v) is 12.4. The fraction of sp³-hybridized carbons (Fsp3) is 0.400. The number of thiocyanates is 1. The summed E-state index contributed by atoms with van der Waals surface area (Å²) in [7, 11) is 0. The number of nitriles is 1. The van der Waals surface area contributed by atoms with Crippen molar-refractivity contribution >= 4 is 23.5 Å². The molecule has 0 heterocycles. The van der Waals surface area contributed by atoms with Crippen LogP contribution in [0.2, 0.25) is 0 Å². The number of ketones is 1. The summed E-state index contributed by atoms with van der Waals surface area (Å²) in [6, 6.07) is 5.19. The highest BCUT2D eigenvalue weighted by Crippen LogP contribution is 2.33. The molecule has 1 aliphatic rings. The van der Waals surface area contributed by atoms with Crippen molar-refractivity contribution < 1.29 is 19.1 Å². The van der Waals surface area contributed by atoms with Gasteiger partial charge in [0.25, 0.3) is 0 Å². The number of fused-ring (bicyclic) bond motifs is 1. The number of Topliss-reactive ketones (excluding diaryl/α,β-unsaturated/α-hetero) is 1. The van der Waals surface area contributed by atoms with Gasteiger partial charge in [-0.2, -0.15) is 5.26 Å². The number of hydrogen-bond donors (Lipinski definition) is 0. The molecule has 21 heavy (non-hydrogen) atoms. The van der Waals surface area contributed by atoms with Crippen molar-refractivity contribution in [3.05, 3.63) is 29.3 Å². The average Bonchev–Trinajstić information content (AvgIpc) is 2.48. The molecule has 0 bridgehead atoms. The molecule has 0 N–H and O–H groups in total. The summed E-state index contributed by atoms with van der Waals surface area (Å²) in [5.74, 6) is 0.0499. The lowest BCUT2D eigenvalue weighted by atomic mass is 9.89. The maximum atomic E-state index is 12.3. The predicted octanol–water partition coefficient (Wildman–Crippen LogP) is 2.34. The van der Waals surface area contributed by atoms with Crippen molar-refractivity contribution in [1.29, 1.82) is 5.26 Å². The lowest BCUT2D eigenvalue weighted by Gasteiger charge is -2.22. The van der Waals surface area contributed by atoms with E-state index in [0.29, 0.717) is 30.8 Å². The maximum Gasteiger partial charge on any atom is 0.344 e. The van der Waals surface area contributed by atoms with Crippen molar-refractivity contribution in [1.82, 2.24) is 0 Å². The number of hydrogen-bond acceptors (Lipinski definition) is 6. The highest BCUT2D eigenvalue weighted by molar-refractivity contribution is 8.05. The molecule has 6 heteroatoms. The Morgan fingerprint density at radius 3 is 3.05 bits per heavy atom. The molecule has 5 nitrogen and oxygen atoms in total. The summed E-state index contributed by atoms with van der Waals surface area (Å²) >= 11 is 0.996. The van der Waals surface area contributed by atoms with Crippen LogP contribution in [0.25, 0.3) is 0 Å². The number of carbonyl (C=O) groups is 2. The lowest BCUT2D eigenvalue weighted by Crippen LogP contribution is -2.25. The lowest BCUT2D eigenvalue weighted by molar-refractivity contribution is -0.145. The van der Waals surface area contributed by atoms with Gasteiger partial charge in [0, 0.05) is 11.1 Å². The van der Waals surface area contributed by atoms with Crippen LogP contribution in [0.15, 0.2) is 18.2 Å². The van der Waals surface area contributed by atoms with Gasteiger partial charge in [-0.1, -0.05) is 12.1 Å². The van der Waals surface area contributed by atoms with Gasteiger partial charge in [-0.05, 0) is 37.6 Å². The van der Waals surface area contributed by atoms with Gasteiger partial charge in [-0.25, -0.2) is 4.79 Å². The molecule has 110 valence electrons. The molecule has 0 spiro atoms. The van der Waals surface area contributed by atoms with E-state index in [2.05, 4.69) is 0 Å². The first-order chi connectivity index (χ1) is 10.2. The van der Waals surface area contributed by atoms with Gasteiger partial charge < -0.3 is 9.47 Å². The van der Waals surface area contributed by atoms with Crippen LogP contribution in [0.4, 0.5) is 0 Å². The first-order valence-corrected chi connectivity index (χ1v) is 7.54. The monoisotopic (exact) mass is 305 g/mol. The molecule has 1 aromatic rings. The molecule has 0 amide bonds. The summed E-state index contributed by atoms with van der Waals surface area (Å²) in [5, 5.41) is 10.4. The molecular formula is C15H15NO4S. The van der Waals surface area contributed by atoms with E-state index in [-0.39, 0.29) is 17.6 Å². The summed E-state index contributed by atoms with van der Waals surface area (Å²) in [4.78, 5) is 23.6. The number of esters is 1. The van der Waals surface area contributed by atoms with E-state index in [9.17, 15) is 9.59 Å². The van der Waals surface area contributed by atoms with E-state index in [1.165, 1.54) is 0 Å². The van der Waals surface area contributed by atoms with Crippen LogP contribution in [0.5, 0.6) is 5.75 Å². The Bertz CT molecular complexity index is 594. The third-order valence-corrected chi connectivity index (χ3v) is 4.03. The molecule has 1 unspecified atom stereocenters. The third-order valence-electron chi connectivity index (χ3n) is 3.19. The molecule has 2 rings (SSSR count). The zero-order chi connectivity index (χ0) is 15.2. The molecule has 0 aliphatic heterocycles. The van der Waals surface area contributed by atoms with E-state index >= 15 is 0 Å². The van der Waals surface area contributed by atoms with Crippen molar-refractivity contribution in [2.24, 2.45) is 0 Å². The number of ether oxygens (including phenoxy) is 2. The topological polar surface area (TPSA) is 76.4 Å². The van der Waals surface area contributed by atoms with Crippen molar-refractivity contribution in [2.45, 2.75) is 25.0 Å². The van der Waals surface area contributed by atoms with Crippen LogP contribution in [0, 0.1) is 10.7 Å². The number of benzene rings is 1. The predicted molar refractivity (Wildman–Crippen MR) is 78.2 cm³/mol. The molecule has 0 saturated carbocycles. The SMILES string of the molecule is CCOC(=O)COc1cccc2c1CCC(SC#N)C2=O. The fourth-order valence-electron chi connectivity index (χ4n) is 2.28. The van der Waals surface area contributed by atoms with Crippen LogP contribution >= 0.6 is 11.8 Å². The highest BCUT2D eigenvalue weighted by Gasteiger charge is 2.29. The maximum absolute atomic E-state index is 12.3. The van der Waals surface area contributed by atoms with Crippen LogP contribution < -0.4 is 4.74 Å². The first-order valence-electron chi connectivity index (χ1n) is 6.66. The van der Waals surface area contributed by atoms with Crippen LogP contribution in [-0.4, -0.2) is 30.2 Å². The van der Waals surface area contributed by atoms with Crippen molar-refractivity contribution in [3.63, 3.8) is 0 Å². The highest BCUT2D eigenvalue weighted by atomic mass is 32.2. The molecule has 0 aromatic heterocycles. The number of carbonyl (C=O) groups excluding carboxylic acids is 2. The van der Waals surface area contributed by atoms with Crippen molar-refractivity contribution in [3.8, 4) is 11.2 Å². The van der Waals surface area contributed by atoms with Gasteiger partial charge in [0.2, 0.25) is 0 Å². The Balaban J connectivity index is 2.15. The first kappa shape index (κ1) is 15.4. The normalized spacial score (nSPS) is 16.8. The van der Waals surface area contributed by atoms with E-state index in [4.69, 9.17) is 14.7 Å². The Morgan fingerprint density at radius 2 is 2.33 bits per heavy atom. The molecule has 1 atom stereocenters. The number of thioether (sulfide) groups is 1. The quantitative estimate of drug-likeness (QED) is 0.614. The van der Waals surface area contributed by atoms with E-state index < -0.39 is 5.97 Å². The second-order valence-corrected chi connectivity index (χ2v) is 5.46. The second kappa shape index (κ2) is 7.14. The molecule has 1 aliphatic carbocycles. The number of nitrogens with zero attached hydrogens (tertiary/aromatic N) is 1. The van der Waals surface area contributed by atoms with Gasteiger partial charge in [0.05, 0.1) is 11.9 Å². The van der Waals surface area contributed by atoms with Gasteiger partial charge >= 0.3 is 5.97 Å². The largest absolute Gasteiger partial charge is 0.482 e. The summed E-state index contributed by atoms with van der Waals surface area (Å²) in [5.41, 5.74) is 1.39. The fourth-order valence-corrected chi connectivity index (χ4v) is 2.88. The van der Waals surface area contributed by atoms with Crippen LogP contribution in [0.3, 0.4) is 0 Å². The van der Waals surface area contributed by atoms with E-state index in [0.717, 1.165) is 17.3 Å².